The Bertz CT molecular complexity index is 1040. The third-order valence-corrected chi connectivity index (χ3v) is 7.01. The normalized spacial score (nSPS) is 18.6. The zero-order valence-electron chi connectivity index (χ0n) is 20.4. The van der Waals surface area contributed by atoms with Crippen LogP contribution < -0.4 is 5.32 Å². The molecule has 1 aromatic carbocycles. The molecule has 0 unspecified atom stereocenters. The maximum absolute atomic E-state index is 14.0. The summed E-state index contributed by atoms with van der Waals surface area (Å²) in [6.07, 6.45) is 5.18. The van der Waals surface area contributed by atoms with E-state index in [4.69, 9.17) is 4.74 Å². The molecule has 1 aliphatic carbocycles. The van der Waals surface area contributed by atoms with Crippen molar-refractivity contribution in [1.29, 1.82) is 0 Å². The molecule has 4 rings (SSSR count). The zero-order chi connectivity index (χ0) is 24.5. The Morgan fingerprint density at radius 1 is 1.26 bits per heavy atom. The highest BCUT2D eigenvalue weighted by Crippen LogP contribution is 2.41. The first kappa shape index (κ1) is 24.2. The van der Waals surface area contributed by atoms with Gasteiger partial charge in [-0.25, -0.2) is 9.18 Å². The monoisotopic (exact) mass is 471 g/mol. The van der Waals surface area contributed by atoms with Gasteiger partial charge in [0.2, 0.25) is 0 Å². The number of fused-ring (bicyclic) bond motifs is 1. The molecule has 1 aromatic heterocycles. The SMILES string of the molecule is CN(C)C[C@@H](OC(=O)N1Cc2c(NC(=O)c3ccccc3F)n[nH]c2C1(C)C)C1CCCCC1. The first-order valence-corrected chi connectivity index (χ1v) is 11.9. The second kappa shape index (κ2) is 9.74. The highest BCUT2D eigenvalue weighted by Gasteiger charge is 2.45. The van der Waals surface area contributed by atoms with Crippen LogP contribution in [0.3, 0.4) is 0 Å². The van der Waals surface area contributed by atoms with Crippen molar-refractivity contribution in [3.8, 4) is 0 Å². The number of hydrogen-bond acceptors (Lipinski definition) is 5. The van der Waals surface area contributed by atoms with E-state index in [0.717, 1.165) is 18.5 Å². The lowest BCUT2D eigenvalue weighted by Crippen LogP contribution is -2.45. The molecule has 0 bridgehead atoms. The Morgan fingerprint density at radius 3 is 2.65 bits per heavy atom. The molecule has 2 aromatic rings. The van der Waals surface area contributed by atoms with E-state index in [-0.39, 0.29) is 24.3 Å². The molecule has 1 aliphatic heterocycles. The van der Waals surface area contributed by atoms with Crippen molar-refractivity contribution >= 4 is 17.8 Å². The van der Waals surface area contributed by atoms with Gasteiger partial charge in [-0.1, -0.05) is 31.4 Å². The van der Waals surface area contributed by atoms with Crippen molar-refractivity contribution in [1.82, 2.24) is 20.0 Å². The highest BCUT2D eigenvalue weighted by molar-refractivity contribution is 6.04. The molecule has 1 fully saturated rings. The molecule has 2 amide bonds. The number of nitrogens with one attached hydrogen (secondary N) is 2. The molecule has 2 aliphatic rings. The molecule has 1 atom stereocenters. The molecule has 8 nitrogen and oxygen atoms in total. The molecule has 34 heavy (non-hydrogen) atoms. The van der Waals surface area contributed by atoms with E-state index in [1.54, 1.807) is 11.0 Å². The lowest BCUT2D eigenvalue weighted by atomic mass is 9.85. The van der Waals surface area contributed by atoms with Crippen LogP contribution in [0, 0.1) is 11.7 Å². The van der Waals surface area contributed by atoms with Crippen LogP contribution in [0.15, 0.2) is 24.3 Å². The summed E-state index contributed by atoms with van der Waals surface area (Å²) in [4.78, 5) is 29.7. The summed E-state index contributed by atoms with van der Waals surface area (Å²) < 4.78 is 20.1. The van der Waals surface area contributed by atoms with Crippen LogP contribution in [0.25, 0.3) is 0 Å². The van der Waals surface area contributed by atoms with Gasteiger partial charge in [-0.05, 0) is 58.8 Å². The Balaban J connectivity index is 1.50. The van der Waals surface area contributed by atoms with E-state index in [9.17, 15) is 14.0 Å². The molecule has 184 valence electrons. The van der Waals surface area contributed by atoms with Crippen LogP contribution in [0.4, 0.5) is 15.0 Å². The Labute approximate surface area is 199 Å². The number of anilines is 1. The van der Waals surface area contributed by atoms with Gasteiger partial charge in [0.05, 0.1) is 23.3 Å². The Kier molecular flexibility index (Phi) is 6.93. The fraction of sp³-hybridized carbons (Fsp3) is 0.560. The molecule has 9 heteroatoms. The summed E-state index contributed by atoms with van der Waals surface area (Å²) >= 11 is 0. The van der Waals surface area contributed by atoms with E-state index in [2.05, 4.69) is 20.4 Å². The van der Waals surface area contributed by atoms with Gasteiger partial charge < -0.3 is 15.0 Å². The molecule has 0 radical (unpaired) electrons. The Morgan fingerprint density at radius 2 is 1.97 bits per heavy atom. The second-order valence-corrected chi connectivity index (χ2v) is 10.1. The van der Waals surface area contributed by atoms with Gasteiger partial charge in [0.15, 0.2) is 5.82 Å². The number of carbonyl (C=O) groups excluding carboxylic acids is 2. The van der Waals surface area contributed by atoms with E-state index >= 15 is 0 Å². The van der Waals surface area contributed by atoms with Gasteiger partial charge in [0.1, 0.15) is 11.9 Å². The van der Waals surface area contributed by atoms with Crippen molar-refractivity contribution in [2.24, 2.45) is 5.92 Å². The van der Waals surface area contributed by atoms with Gasteiger partial charge in [-0.15, -0.1) is 0 Å². The van der Waals surface area contributed by atoms with Crippen LogP contribution in [0.5, 0.6) is 0 Å². The van der Waals surface area contributed by atoms with E-state index in [0.29, 0.717) is 23.8 Å². The summed E-state index contributed by atoms with van der Waals surface area (Å²) in [6.45, 7) is 4.76. The molecular formula is C25H34FN5O3. The fourth-order valence-corrected chi connectivity index (χ4v) is 5.07. The molecule has 0 spiro atoms. The molecule has 2 heterocycles. The van der Waals surface area contributed by atoms with E-state index < -0.39 is 17.3 Å². The summed E-state index contributed by atoms with van der Waals surface area (Å²) in [5, 5.41) is 9.89. The lowest BCUT2D eigenvalue weighted by Gasteiger charge is -2.36. The van der Waals surface area contributed by atoms with Crippen molar-refractivity contribution in [3.63, 3.8) is 0 Å². The van der Waals surface area contributed by atoms with Gasteiger partial charge >= 0.3 is 6.09 Å². The quantitative estimate of drug-likeness (QED) is 0.647. The van der Waals surface area contributed by atoms with Crippen LogP contribution in [-0.4, -0.2) is 58.7 Å². The predicted molar refractivity (Wildman–Crippen MR) is 127 cm³/mol. The number of likely N-dealkylation sites (N-methyl/N-ethyl adjacent to an activating group) is 1. The number of halogens is 1. The minimum Gasteiger partial charge on any atom is -0.444 e. The van der Waals surface area contributed by atoms with Crippen LogP contribution in [0.2, 0.25) is 0 Å². The number of carbonyl (C=O) groups is 2. The largest absolute Gasteiger partial charge is 0.444 e. The van der Waals surface area contributed by atoms with Crippen molar-refractivity contribution < 1.29 is 18.7 Å². The second-order valence-electron chi connectivity index (χ2n) is 10.1. The number of rotatable bonds is 6. The number of nitrogens with zero attached hydrogens (tertiary/aromatic N) is 3. The molecule has 2 N–H and O–H groups in total. The maximum atomic E-state index is 14.0. The van der Waals surface area contributed by atoms with Crippen LogP contribution >= 0.6 is 0 Å². The number of aromatic nitrogens is 2. The predicted octanol–water partition coefficient (Wildman–Crippen LogP) is 4.50. The van der Waals surface area contributed by atoms with Gasteiger partial charge in [0, 0.05) is 12.1 Å². The zero-order valence-corrected chi connectivity index (χ0v) is 20.4. The fourth-order valence-electron chi connectivity index (χ4n) is 5.07. The average Bonchev–Trinajstić information content (AvgIpc) is 3.31. The number of ether oxygens (including phenoxy) is 1. The maximum Gasteiger partial charge on any atom is 0.411 e. The number of benzene rings is 1. The minimum atomic E-state index is -0.699. The van der Waals surface area contributed by atoms with E-state index in [1.165, 1.54) is 37.5 Å². The number of amides is 2. The van der Waals surface area contributed by atoms with Gasteiger partial charge in [-0.2, -0.15) is 5.10 Å². The summed E-state index contributed by atoms with van der Waals surface area (Å²) in [5.74, 6) is -0.536. The summed E-state index contributed by atoms with van der Waals surface area (Å²) in [5.41, 5.74) is 0.672. The number of hydrogen-bond donors (Lipinski definition) is 2. The van der Waals surface area contributed by atoms with Crippen molar-refractivity contribution in [2.45, 2.75) is 64.1 Å². The third kappa shape index (κ3) is 4.80. The molecular weight excluding hydrogens is 437 g/mol. The van der Waals surface area contributed by atoms with Gasteiger partial charge in [-0.3, -0.25) is 14.8 Å². The summed E-state index contributed by atoms with van der Waals surface area (Å²) in [6, 6.07) is 5.79. The average molecular weight is 472 g/mol. The number of aromatic amines is 1. The first-order chi connectivity index (χ1) is 16.2. The number of H-pyrrole nitrogens is 1. The first-order valence-electron chi connectivity index (χ1n) is 11.9. The third-order valence-electron chi connectivity index (χ3n) is 7.01. The molecule has 0 saturated heterocycles. The van der Waals surface area contributed by atoms with Crippen molar-refractivity contribution in [3.05, 3.63) is 46.9 Å². The standard InChI is InChI=1S/C25H34FN5O3/c1-25(2)21-18(22(29-28-21)27-23(32)17-12-8-9-13-19(17)26)14-31(25)24(33)34-20(15-30(3)4)16-10-6-5-7-11-16/h8-9,12-13,16,20H,5-7,10-11,14-15H2,1-4H3,(H2,27,28,29,32)/t20-/m1/s1. The Hall–Kier alpha value is -2.94. The molecule has 1 saturated carbocycles. The summed E-state index contributed by atoms with van der Waals surface area (Å²) in [7, 11) is 3.98. The smallest absolute Gasteiger partial charge is 0.411 e. The lowest BCUT2D eigenvalue weighted by molar-refractivity contribution is -0.00392. The topological polar surface area (TPSA) is 90.6 Å². The van der Waals surface area contributed by atoms with Crippen molar-refractivity contribution in [2.75, 3.05) is 26.0 Å². The van der Waals surface area contributed by atoms with Crippen LogP contribution in [-0.2, 0) is 16.8 Å². The van der Waals surface area contributed by atoms with Gasteiger partial charge in [0.25, 0.3) is 5.91 Å². The van der Waals surface area contributed by atoms with E-state index in [1.807, 2.05) is 27.9 Å². The highest BCUT2D eigenvalue weighted by atomic mass is 19.1. The minimum absolute atomic E-state index is 0.0632. The van der Waals surface area contributed by atoms with Crippen LogP contribution in [0.1, 0.15) is 67.6 Å².